The van der Waals surface area contributed by atoms with E-state index in [0.717, 1.165) is 12.8 Å². The van der Waals surface area contributed by atoms with Crippen molar-refractivity contribution in [2.75, 3.05) is 6.54 Å². The molecule has 0 aliphatic heterocycles. The lowest BCUT2D eigenvalue weighted by Gasteiger charge is -2.36. The minimum atomic E-state index is -0.783. The van der Waals surface area contributed by atoms with Gasteiger partial charge in [0.1, 0.15) is 5.78 Å². The standard InChI is InChI=1S/C15H27NO3/c1-11(15(18)19)10-16(12(2)13(3)17)14-8-6-4-5-7-9-14/h11-12,14H,4-10H2,1-3H3,(H,18,19). The van der Waals surface area contributed by atoms with Crippen molar-refractivity contribution in [3.63, 3.8) is 0 Å². The average Bonchev–Trinajstić information content (AvgIpc) is 2.63. The summed E-state index contributed by atoms with van der Waals surface area (Å²) in [4.78, 5) is 24.9. The van der Waals surface area contributed by atoms with Crippen LogP contribution in [0.15, 0.2) is 0 Å². The van der Waals surface area contributed by atoms with Crippen molar-refractivity contribution < 1.29 is 14.7 Å². The molecule has 110 valence electrons. The number of hydrogen-bond acceptors (Lipinski definition) is 3. The number of carbonyl (C=O) groups is 2. The molecule has 0 spiro atoms. The van der Waals surface area contributed by atoms with E-state index in [1.54, 1.807) is 13.8 Å². The first-order chi connectivity index (χ1) is 8.93. The van der Waals surface area contributed by atoms with E-state index in [2.05, 4.69) is 4.90 Å². The van der Waals surface area contributed by atoms with Crippen molar-refractivity contribution in [1.29, 1.82) is 0 Å². The molecule has 1 fully saturated rings. The Morgan fingerprint density at radius 3 is 2.11 bits per heavy atom. The molecule has 0 heterocycles. The van der Waals surface area contributed by atoms with Gasteiger partial charge in [-0.3, -0.25) is 14.5 Å². The van der Waals surface area contributed by atoms with Crippen LogP contribution in [0.5, 0.6) is 0 Å². The van der Waals surface area contributed by atoms with Gasteiger partial charge >= 0.3 is 5.97 Å². The summed E-state index contributed by atoms with van der Waals surface area (Å²) in [6.45, 7) is 5.70. The minimum absolute atomic E-state index is 0.127. The smallest absolute Gasteiger partial charge is 0.307 e. The van der Waals surface area contributed by atoms with E-state index in [9.17, 15) is 9.59 Å². The Morgan fingerprint density at radius 1 is 1.16 bits per heavy atom. The molecule has 1 rings (SSSR count). The third-order valence-electron chi connectivity index (χ3n) is 4.29. The van der Waals surface area contributed by atoms with Crippen LogP contribution in [0.2, 0.25) is 0 Å². The summed E-state index contributed by atoms with van der Waals surface area (Å²) in [5.41, 5.74) is 0. The van der Waals surface area contributed by atoms with Crippen molar-refractivity contribution in [1.82, 2.24) is 4.90 Å². The Kier molecular flexibility index (Phi) is 6.49. The van der Waals surface area contributed by atoms with Crippen molar-refractivity contribution in [2.45, 2.75) is 71.4 Å². The first-order valence-electron chi connectivity index (χ1n) is 7.42. The molecule has 4 nitrogen and oxygen atoms in total. The zero-order chi connectivity index (χ0) is 14.4. The first kappa shape index (κ1) is 16.2. The zero-order valence-electron chi connectivity index (χ0n) is 12.4. The number of ketones is 1. The maximum Gasteiger partial charge on any atom is 0.307 e. The number of carbonyl (C=O) groups excluding carboxylic acids is 1. The van der Waals surface area contributed by atoms with Gasteiger partial charge < -0.3 is 5.11 Å². The third kappa shape index (κ3) is 4.94. The Morgan fingerprint density at radius 2 is 1.68 bits per heavy atom. The fourth-order valence-electron chi connectivity index (χ4n) is 2.84. The van der Waals surface area contributed by atoms with Crippen molar-refractivity contribution in [3.05, 3.63) is 0 Å². The summed E-state index contributed by atoms with van der Waals surface area (Å²) < 4.78 is 0. The van der Waals surface area contributed by atoms with E-state index in [4.69, 9.17) is 5.11 Å². The van der Waals surface area contributed by atoms with E-state index >= 15 is 0 Å². The molecule has 0 amide bonds. The molecule has 1 aliphatic rings. The lowest BCUT2D eigenvalue weighted by Crippen LogP contribution is -2.48. The highest BCUT2D eigenvalue weighted by Gasteiger charge is 2.29. The minimum Gasteiger partial charge on any atom is -0.481 e. The predicted molar refractivity (Wildman–Crippen MR) is 75.1 cm³/mol. The van der Waals surface area contributed by atoms with Crippen LogP contribution in [-0.2, 0) is 9.59 Å². The van der Waals surface area contributed by atoms with Gasteiger partial charge in [0.25, 0.3) is 0 Å². The molecule has 2 unspecified atom stereocenters. The second-order valence-corrected chi connectivity index (χ2v) is 5.87. The van der Waals surface area contributed by atoms with Crippen molar-refractivity contribution in [2.24, 2.45) is 5.92 Å². The lowest BCUT2D eigenvalue weighted by atomic mass is 10.0. The molecule has 1 saturated carbocycles. The van der Waals surface area contributed by atoms with E-state index in [1.807, 2.05) is 6.92 Å². The second-order valence-electron chi connectivity index (χ2n) is 5.87. The summed E-state index contributed by atoms with van der Waals surface area (Å²) in [7, 11) is 0. The fourth-order valence-corrected chi connectivity index (χ4v) is 2.84. The van der Waals surface area contributed by atoms with Crippen molar-refractivity contribution >= 4 is 11.8 Å². The summed E-state index contributed by atoms with van der Waals surface area (Å²) in [5.74, 6) is -1.08. The molecule has 0 radical (unpaired) electrons. The van der Waals surface area contributed by atoms with Gasteiger partial charge in [0, 0.05) is 12.6 Å². The van der Waals surface area contributed by atoms with Gasteiger partial charge in [-0.1, -0.05) is 32.6 Å². The number of hydrogen-bond donors (Lipinski definition) is 1. The van der Waals surface area contributed by atoms with Crippen molar-refractivity contribution in [3.8, 4) is 0 Å². The topological polar surface area (TPSA) is 57.6 Å². The molecule has 0 aromatic heterocycles. The Balaban J connectivity index is 2.77. The fraction of sp³-hybridized carbons (Fsp3) is 0.867. The number of Topliss-reactive ketones (excluding diaryl/α,β-unsaturated/α-hetero) is 1. The summed E-state index contributed by atoms with van der Waals surface area (Å²) in [5, 5.41) is 9.09. The van der Waals surface area contributed by atoms with E-state index in [0.29, 0.717) is 12.6 Å². The number of rotatable bonds is 6. The Hall–Kier alpha value is -0.900. The molecule has 0 bridgehead atoms. The molecule has 0 aromatic rings. The van der Waals surface area contributed by atoms with Gasteiger partial charge in [-0.05, 0) is 26.7 Å². The van der Waals surface area contributed by atoms with Crippen LogP contribution in [0, 0.1) is 5.92 Å². The highest BCUT2D eigenvalue weighted by molar-refractivity contribution is 5.81. The van der Waals surface area contributed by atoms with Crippen LogP contribution in [0.3, 0.4) is 0 Å². The normalized spacial score (nSPS) is 20.8. The summed E-state index contributed by atoms with van der Waals surface area (Å²) >= 11 is 0. The van der Waals surface area contributed by atoms with Gasteiger partial charge in [-0.2, -0.15) is 0 Å². The highest BCUT2D eigenvalue weighted by Crippen LogP contribution is 2.24. The average molecular weight is 269 g/mol. The maximum atomic E-state index is 11.7. The molecular weight excluding hydrogens is 242 g/mol. The van der Waals surface area contributed by atoms with Gasteiger partial charge in [0.2, 0.25) is 0 Å². The molecule has 0 aromatic carbocycles. The first-order valence-corrected chi connectivity index (χ1v) is 7.42. The summed E-state index contributed by atoms with van der Waals surface area (Å²) in [6.07, 6.45) is 7.06. The zero-order valence-corrected chi connectivity index (χ0v) is 12.4. The number of carboxylic acid groups (broad SMARTS) is 1. The molecule has 1 N–H and O–H groups in total. The molecule has 1 aliphatic carbocycles. The van der Waals surface area contributed by atoms with E-state index < -0.39 is 11.9 Å². The summed E-state index contributed by atoms with van der Waals surface area (Å²) in [6, 6.07) is 0.188. The van der Waals surface area contributed by atoms with Crippen LogP contribution in [0.25, 0.3) is 0 Å². The molecule has 2 atom stereocenters. The SMILES string of the molecule is CC(=O)C(C)N(CC(C)C(=O)O)C1CCCCCC1. The van der Waals surface area contributed by atoms with Crippen LogP contribution in [0.1, 0.15) is 59.3 Å². The monoisotopic (exact) mass is 269 g/mol. The third-order valence-corrected chi connectivity index (χ3v) is 4.29. The van der Waals surface area contributed by atoms with E-state index in [1.165, 1.54) is 25.7 Å². The largest absolute Gasteiger partial charge is 0.481 e. The number of nitrogens with zero attached hydrogens (tertiary/aromatic N) is 1. The van der Waals surface area contributed by atoms with Gasteiger partial charge in [0.05, 0.1) is 12.0 Å². The van der Waals surface area contributed by atoms with Gasteiger partial charge in [-0.25, -0.2) is 0 Å². The van der Waals surface area contributed by atoms with Crippen LogP contribution >= 0.6 is 0 Å². The molecular formula is C15H27NO3. The maximum absolute atomic E-state index is 11.7. The second kappa shape index (κ2) is 7.63. The van der Waals surface area contributed by atoms with Gasteiger partial charge in [-0.15, -0.1) is 0 Å². The quantitative estimate of drug-likeness (QED) is 0.753. The molecule has 0 saturated heterocycles. The lowest BCUT2D eigenvalue weighted by molar-refractivity contribution is -0.143. The number of carboxylic acids is 1. The Labute approximate surface area is 116 Å². The Bertz CT molecular complexity index is 309. The van der Waals surface area contributed by atoms with Gasteiger partial charge in [0.15, 0.2) is 0 Å². The van der Waals surface area contributed by atoms with Crippen LogP contribution < -0.4 is 0 Å². The van der Waals surface area contributed by atoms with Crippen LogP contribution in [0.4, 0.5) is 0 Å². The van der Waals surface area contributed by atoms with Crippen LogP contribution in [-0.4, -0.2) is 40.4 Å². The number of aliphatic carboxylic acids is 1. The molecule has 19 heavy (non-hydrogen) atoms. The predicted octanol–water partition coefficient (Wildman–Crippen LogP) is 2.71. The van der Waals surface area contributed by atoms with E-state index in [-0.39, 0.29) is 11.8 Å². The highest BCUT2D eigenvalue weighted by atomic mass is 16.4. The molecule has 4 heteroatoms.